The molecule has 8 nitrogen and oxygen atoms in total. The number of aromatic nitrogens is 3. The van der Waals surface area contributed by atoms with Gasteiger partial charge in [0.1, 0.15) is 29.5 Å². The Hall–Kier alpha value is -5.63. The molecule has 8 heteroatoms. The minimum Gasteiger partial charge on any atom is -0.344 e. The Kier molecular flexibility index (Phi) is 3.59. The number of benzene rings is 4. The normalized spacial score (nSPS) is 16.2. The lowest BCUT2D eigenvalue weighted by Gasteiger charge is -2.15. The predicted molar refractivity (Wildman–Crippen MR) is 157 cm³/mol. The smallest absolute Gasteiger partial charge is 0.164 e. The Balaban J connectivity index is 1.51. The van der Waals surface area contributed by atoms with Crippen LogP contribution in [0.1, 0.15) is 17.3 Å². The third-order valence-electron chi connectivity index (χ3n) is 8.25. The third kappa shape index (κ3) is 2.44. The van der Waals surface area contributed by atoms with Gasteiger partial charge in [0, 0.05) is 43.4 Å². The van der Waals surface area contributed by atoms with E-state index in [4.69, 9.17) is 15.0 Å². The number of fused-ring (bicyclic) bond motifs is 16. The Morgan fingerprint density at radius 2 is 1.27 bits per heavy atom. The van der Waals surface area contributed by atoms with Gasteiger partial charge in [-0.25, -0.2) is 24.3 Å². The summed E-state index contributed by atoms with van der Waals surface area (Å²) in [5.41, 5.74) is 3.80. The molecule has 0 spiro atoms. The Morgan fingerprint density at radius 1 is 0.600 bits per heavy atom. The van der Waals surface area contributed by atoms with Gasteiger partial charge in [0.25, 0.3) is 0 Å². The van der Waals surface area contributed by atoms with Crippen LogP contribution in [0.15, 0.2) is 112 Å². The molecular formula is C32H20N8. The largest absolute Gasteiger partial charge is 0.344 e. The molecule has 4 bridgehead atoms. The van der Waals surface area contributed by atoms with E-state index in [1.165, 1.54) is 0 Å². The standard InChI is InChI=1S/C32H20N8/c1-2-10-18-17(9-1)25-33-26(18)36-30-23-15-7-8-16-24(23)32-38-28-20-12-4-3-11-19(20)27(34-28)37-31-22-14-6-5-13-21(22)29(35-25)39(31)40(30)32/h1-16,25,34,38H,(H,33,36). The van der Waals surface area contributed by atoms with E-state index < -0.39 is 0 Å². The van der Waals surface area contributed by atoms with Crippen LogP contribution in [0, 0.1) is 0 Å². The lowest BCUT2D eigenvalue weighted by atomic mass is 10.1. The van der Waals surface area contributed by atoms with E-state index >= 15 is 0 Å². The van der Waals surface area contributed by atoms with Gasteiger partial charge in [0.2, 0.25) is 0 Å². The maximum Gasteiger partial charge on any atom is 0.164 e. The van der Waals surface area contributed by atoms with Crippen LogP contribution in [0.25, 0.3) is 32.3 Å². The van der Waals surface area contributed by atoms with Crippen LogP contribution in [0.4, 0.5) is 23.3 Å². The highest BCUT2D eigenvalue weighted by Crippen LogP contribution is 2.42. The number of hydrogen-bond acceptors (Lipinski definition) is 5. The molecule has 1 atom stereocenters. The second-order valence-corrected chi connectivity index (χ2v) is 10.4. The minimum atomic E-state index is -0.269. The van der Waals surface area contributed by atoms with Crippen LogP contribution in [0.3, 0.4) is 0 Å². The molecule has 7 aromatic rings. The lowest BCUT2D eigenvalue weighted by molar-refractivity contribution is 0.598. The quantitative estimate of drug-likeness (QED) is 0.241. The molecule has 40 heavy (non-hydrogen) atoms. The van der Waals surface area contributed by atoms with E-state index in [0.29, 0.717) is 0 Å². The molecule has 3 aliphatic heterocycles. The van der Waals surface area contributed by atoms with Gasteiger partial charge in [0.15, 0.2) is 16.8 Å². The highest BCUT2D eigenvalue weighted by atomic mass is 15.5. The molecule has 3 N–H and O–H groups in total. The van der Waals surface area contributed by atoms with Crippen molar-refractivity contribution in [3.05, 3.63) is 119 Å². The van der Waals surface area contributed by atoms with Crippen molar-refractivity contribution in [2.45, 2.75) is 6.17 Å². The average Bonchev–Trinajstić information content (AvgIpc) is 3.72. The summed E-state index contributed by atoms with van der Waals surface area (Å²) in [4.78, 5) is 19.6. The summed E-state index contributed by atoms with van der Waals surface area (Å²) < 4.78 is 4.29. The molecule has 4 aromatic carbocycles. The highest BCUT2D eigenvalue weighted by molar-refractivity contribution is 6.10. The second kappa shape index (κ2) is 7.06. The Morgan fingerprint density at radius 3 is 2.12 bits per heavy atom. The number of hydrogen-bond donors (Lipinski definition) is 3. The molecule has 0 saturated carbocycles. The fourth-order valence-corrected chi connectivity index (χ4v) is 6.49. The summed E-state index contributed by atoms with van der Waals surface area (Å²) in [5, 5.41) is 13.7. The van der Waals surface area contributed by atoms with Crippen molar-refractivity contribution in [3.8, 4) is 0 Å². The molecule has 0 radical (unpaired) electrons. The van der Waals surface area contributed by atoms with Crippen molar-refractivity contribution in [1.29, 1.82) is 0 Å². The second-order valence-electron chi connectivity index (χ2n) is 10.4. The van der Waals surface area contributed by atoms with E-state index in [-0.39, 0.29) is 6.17 Å². The lowest BCUT2D eigenvalue weighted by Crippen LogP contribution is -2.34. The van der Waals surface area contributed by atoms with Gasteiger partial charge in [0.05, 0.1) is 0 Å². The molecule has 188 valence electrons. The maximum atomic E-state index is 5.39. The van der Waals surface area contributed by atoms with Crippen LogP contribution in [0.2, 0.25) is 0 Å². The number of aliphatic imine (C=N–C) groups is 1. The topological polar surface area (TPSA) is 86.8 Å². The average molecular weight is 517 g/mol. The molecule has 0 aliphatic carbocycles. The van der Waals surface area contributed by atoms with Crippen LogP contribution in [-0.2, 0) is 0 Å². The van der Waals surface area contributed by atoms with E-state index in [1.807, 2.05) is 0 Å². The third-order valence-corrected chi connectivity index (χ3v) is 8.25. The van der Waals surface area contributed by atoms with Crippen molar-refractivity contribution in [3.63, 3.8) is 0 Å². The van der Waals surface area contributed by atoms with Gasteiger partial charge < -0.3 is 15.6 Å². The van der Waals surface area contributed by atoms with Gasteiger partial charge >= 0.3 is 0 Å². The number of nitrogens with one attached hydrogen (secondary N) is 3. The Bertz CT molecular complexity index is 2400. The van der Waals surface area contributed by atoms with Gasteiger partial charge in [-0.1, -0.05) is 97.1 Å². The zero-order valence-corrected chi connectivity index (χ0v) is 21.1. The number of rotatable bonds is 0. The monoisotopic (exact) mass is 516 g/mol. The van der Waals surface area contributed by atoms with Crippen molar-refractivity contribution in [2.75, 3.05) is 5.32 Å². The number of anilines is 2. The fraction of sp³-hybridized carbons (Fsp3) is 0.0312. The first kappa shape index (κ1) is 20.3. The molecule has 3 aliphatic rings. The van der Waals surface area contributed by atoms with Crippen molar-refractivity contribution >= 4 is 61.4 Å². The maximum absolute atomic E-state index is 5.39. The Labute approximate surface area is 226 Å². The molecule has 1 unspecified atom stereocenters. The summed E-state index contributed by atoms with van der Waals surface area (Å²) in [7, 11) is 0. The number of aromatic amines is 1. The SMILES string of the molecule is c1ccc2c(c1)C1=Nc3c4ccccc4c4n3-n3c(c5ccccc5c3=NC2N1)=Nc1[nH]c(c2ccccc12)N4. The summed E-state index contributed by atoms with van der Waals surface area (Å²) in [6.07, 6.45) is -0.269. The summed E-state index contributed by atoms with van der Waals surface area (Å²) in [5.74, 6) is 4.22. The molecule has 3 aromatic heterocycles. The van der Waals surface area contributed by atoms with Crippen LogP contribution in [-0.4, -0.2) is 20.2 Å². The first-order chi connectivity index (χ1) is 19.8. The van der Waals surface area contributed by atoms with Gasteiger partial charge in [-0.05, 0) is 0 Å². The molecule has 6 heterocycles. The van der Waals surface area contributed by atoms with E-state index in [2.05, 4.69) is 122 Å². The zero-order valence-electron chi connectivity index (χ0n) is 21.1. The van der Waals surface area contributed by atoms with Gasteiger partial charge in [-0.2, -0.15) is 0 Å². The number of amidine groups is 1. The molecule has 10 rings (SSSR count). The van der Waals surface area contributed by atoms with Crippen molar-refractivity contribution < 1.29 is 0 Å². The van der Waals surface area contributed by atoms with Crippen molar-refractivity contribution in [1.82, 2.24) is 19.7 Å². The zero-order chi connectivity index (χ0) is 25.9. The molecule has 0 amide bonds. The van der Waals surface area contributed by atoms with Crippen molar-refractivity contribution in [2.24, 2.45) is 15.0 Å². The minimum absolute atomic E-state index is 0.269. The summed E-state index contributed by atoms with van der Waals surface area (Å²) in [6, 6.07) is 33.5. The molecule has 0 fully saturated rings. The molecular weight excluding hydrogens is 496 g/mol. The van der Waals surface area contributed by atoms with Crippen LogP contribution >= 0.6 is 0 Å². The first-order valence-electron chi connectivity index (χ1n) is 13.4. The van der Waals surface area contributed by atoms with Crippen LogP contribution in [0.5, 0.6) is 0 Å². The fourth-order valence-electron chi connectivity index (χ4n) is 6.49. The predicted octanol–water partition coefficient (Wildman–Crippen LogP) is 5.71. The summed E-state index contributed by atoms with van der Waals surface area (Å²) in [6.45, 7) is 0. The first-order valence-corrected chi connectivity index (χ1v) is 13.4. The summed E-state index contributed by atoms with van der Waals surface area (Å²) >= 11 is 0. The van der Waals surface area contributed by atoms with Gasteiger partial charge in [-0.15, -0.1) is 0 Å². The van der Waals surface area contributed by atoms with Gasteiger partial charge in [-0.3, -0.25) is 0 Å². The number of H-pyrrole nitrogens is 1. The van der Waals surface area contributed by atoms with E-state index in [1.54, 1.807) is 0 Å². The number of nitrogens with zero attached hydrogens (tertiary/aromatic N) is 5. The molecule has 0 saturated heterocycles. The van der Waals surface area contributed by atoms with E-state index in [0.717, 1.165) is 83.5 Å². The van der Waals surface area contributed by atoms with Crippen LogP contribution < -0.4 is 21.6 Å². The van der Waals surface area contributed by atoms with E-state index in [9.17, 15) is 0 Å². The highest BCUT2D eigenvalue weighted by Gasteiger charge is 2.31.